The highest BCUT2D eigenvalue weighted by Crippen LogP contribution is 2.18. The van der Waals surface area contributed by atoms with Crippen LogP contribution in [-0.2, 0) is 23.1 Å². The molecule has 7 nitrogen and oxygen atoms in total. The van der Waals surface area contributed by atoms with Gasteiger partial charge in [-0.05, 0) is 31.2 Å². The van der Waals surface area contributed by atoms with E-state index in [9.17, 15) is 13.2 Å². The second-order valence-corrected chi connectivity index (χ2v) is 6.65. The van der Waals surface area contributed by atoms with Crippen LogP contribution >= 0.6 is 0 Å². The topological polar surface area (TPSA) is 94.2 Å². The lowest BCUT2D eigenvalue weighted by atomic mass is 10.3. The molecule has 0 saturated heterocycles. The summed E-state index contributed by atoms with van der Waals surface area (Å²) in [7, 11) is -3.72. The monoisotopic (exact) mass is 333 g/mol. The van der Waals surface area contributed by atoms with Crippen LogP contribution in [0.25, 0.3) is 11.1 Å². The first-order valence-electron chi connectivity index (χ1n) is 7.04. The van der Waals surface area contributed by atoms with Crippen LogP contribution in [-0.4, -0.2) is 18.0 Å². The molecule has 0 radical (unpaired) electrons. The Bertz CT molecular complexity index is 990. The molecule has 120 valence electrons. The number of nitrogens with one attached hydrogen (secondary N) is 1. The molecule has 0 aliphatic heterocycles. The van der Waals surface area contributed by atoms with E-state index in [1.165, 1.54) is 16.7 Å². The summed E-state index contributed by atoms with van der Waals surface area (Å²) in [5.41, 5.74) is 1.43. The number of sulfonamides is 1. The minimum atomic E-state index is -3.72. The first kappa shape index (κ1) is 15.4. The number of aryl methyl sites for hydroxylation is 1. The van der Waals surface area contributed by atoms with E-state index in [0.29, 0.717) is 17.8 Å². The van der Waals surface area contributed by atoms with E-state index >= 15 is 0 Å². The molecule has 0 atom stereocenters. The van der Waals surface area contributed by atoms with Gasteiger partial charge < -0.3 is 4.42 Å². The first-order valence-corrected chi connectivity index (χ1v) is 8.52. The van der Waals surface area contributed by atoms with Crippen molar-refractivity contribution in [2.24, 2.45) is 0 Å². The highest BCUT2D eigenvalue weighted by Gasteiger charge is 2.17. The maximum absolute atomic E-state index is 12.3. The van der Waals surface area contributed by atoms with Crippen LogP contribution in [0.3, 0.4) is 0 Å². The zero-order valence-electron chi connectivity index (χ0n) is 12.4. The van der Waals surface area contributed by atoms with Crippen molar-refractivity contribution in [1.82, 2.24) is 14.3 Å². The Morgan fingerprint density at radius 3 is 2.78 bits per heavy atom. The Labute approximate surface area is 132 Å². The van der Waals surface area contributed by atoms with Crippen LogP contribution in [0.15, 0.2) is 56.7 Å². The van der Waals surface area contributed by atoms with Gasteiger partial charge in [-0.1, -0.05) is 6.07 Å². The van der Waals surface area contributed by atoms with Gasteiger partial charge in [0.15, 0.2) is 5.58 Å². The minimum Gasteiger partial charge on any atom is -0.408 e. The van der Waals surface area contributed by atoms with Crippen molar-refractivity contribution in [2.75, 3.05) is 0 Å². The molecule has 8 heteroatoms. The summed E-state index contributed by atoms with van der Waals surface area (Å²) in [5.74, 6) is -0.501. The first-order chi connectivity index (χ1) is 11.0. The molecule has 2 heterocycles. The number of hydrogen-bond acceptors (Lipinski definition) is 5. The van der Waals surface area contributed by atoms with E-state index in [2.05, 4.69) is 9.71 Å². The summed E-state index contributed by atoms with van der Waals surface area (Å²) < 4.78 is 33.7. The van der Waals surface area contributed by atoms with Gasteiger partial charge in [-0.25, -0.2) is 17.9 Å². The summed E-state index contributed by atoms with van der Waals surface area (Å²) in [6, 6.07) is 9.64. The van der Waals surface area contributed by atoms with Crippen LogP contribution in [0.1, 0.15) is 12.6 Å². The molecule has 0 bridgehead atoms. The average Bonchev–Trinajstić information content (AvgIpc) is 2.88. The Morgan fingerprint density at radius 2 is 2.09 bits per heavy atom. The molecule has 0 unspecified atom stereocenters. The number of aromatic nitrogens is 2. The molecule has 1 N–H and O–H groups in total. The number of pyridine rings is 1. The van der Waals surface area contributed by atoms with Gasteiger partial charge in [0, 0.05) is 18.8 Å². The highest BCUT2D eigenvalue weighted by atomic mass is 32.2. The maximum atomic E-state index is 12.3. The van der Waals surface area contributed by atoms with Crippen LogP contribution in [0.4, 0.5) is 0 Å². The van der Waals surface area contributed by atoms with Gasteiger partial charge in [0.05, 0.1) is 22.7 Å². The Kier molecular flexibility index (Phi) is 4.01. The van der Waals surface area contributed by atoms with Gasteiger partial charge in [-0.3, -0.25) is 9.55 Å². The lowest BCUT2D eigenvalue weighted by Gasteiger charge is -2.06. The zero-order valence-corrected chi connectivity index (χ0v) is 13.2. The number of rotatable bonds is 5. The normalized spacial score (nSPS) is 11.9. The summed E-state index contributed by atoms with van der Waals surface area (Å²) in [5, 5.41) is 0. The smallest absolute Gasteiger partial charge is 0.408 e. The molecule has 3 rings (SSSR count). The van der Waals surface area contributed by atoms with Gasteiger partial charge in [-0.15, -0.1) is 0 Å². The molecule has 0 aliphatic carbocycles. The third kappa shape index (κ3) is 3.03. The van der Waals surface area contributed by atoms with Crippen molar-refractivity contribution in [3.8, 4) is 0 Å². The third-order valence-corrected chi connectivity index (χ3v) is 4.83. The van der Waals surface area contributed by atoms with Crippen molar-refractivity contribution in [3.05, 3.63) is 58.8 Å². The quantitative estimate of drug-likeness (QED) is 0.763. The number of benzene rings is 1. The standard InChI is InChI=1S/C15H15N3O4S/c1-2-18-13-7-6-12(9-14(13)22-15(18)19)23(20,21)17-10-11-5-3-4-8-16-11/h3-9,17H,2,10H2,1H3. The van der Waals surface area contributed by atoms with Crippen LogP contribution < -0.4 is 10.5 Å². The van der Waals surface area contributed by atoms with Crippen LogP contribution in [0, 0.1) is 0 Å². The fourth-order valence-corrected chi connectivity index (χ4v) is 3.28. The molecule has 0 aliphatic rings. The fraction of sp³-hybridized carbons (Fsp3) is 0.200. The number of oxazole rings is 1. The average molecular weight is 333 g/mol. The van der Waals surface area contributed by atoms with E-state index in [1.807, 2.05) is 6.92 Å². The van der Waals surface area contributed by atoms with Crippen molar-refractivity contribution >= 4 is 21.1 Å². The molecule has 2 aromatic heterocycles. The van der Waals surface area contributed by atoms with Crippen molar-refractivity contribution < 1.29 is 12.8 Å². The van der Waals surface area contributed by atoms with Gasteiger partial charge in [-0.2, -0.15) is 0 Å². The summed E-state index contributed by atoms with van der Waals surface area (Å²) in [6.07, 6.45) is 1.60. The zero-order chi connectivity index (χ0) is 16.4. The van der Waals surface area contributed by atoms with Gasteiger partial charge in [0.2, 0.25) is 10.0 Å². The van der Waals surface area contributed by atoms with E-state index in [4.69, 9.17) is 4.42 Å². The predicted octanol–water partition coefficient (Wildman–Crippen LogP) is 1.49. The maximum Gasteiger partial charge on any atom is 0.419 e. The second-order valence-electron chi connectivity index (χ2n) is 4.89. The molecule has 3 aromatic rings. The molecule has 0 amide bonds. The lowest BCUT2D eigenvalue weighted by molar-refractivity contribution is 0.512. The molecule has 0 fully saturated rings. The predicted molar refractivity (Wildman–Crippen MR) is 84.4 cm³/mol. The number of hydrogen-bond donors (Lipinski definition) is 1. The molecule has 1 aromatic carbocycles. The van der Waals surface area contributed by atoms with Crippen molar-refractivity contribution in [2.45, 2.75) is 24.9 Å². The second kappa shape index (κ2) is 5.98. The van der Waals surface area contributed by atoms with E-state index in [0.717, 1.165) is 0 Å². The molecular formula is C15H15N3O4S. The van der Waals surface area contributed by atoms with Crippen molar-refractivity contribution in [1.29, 1.82) is 0 Å². The Hall–Kier alpha value is -2.45. The van der Waals surface area contributed by atoms with Crippen LogP contribution in [0.5, 0.6) is 0 Å². The van der Waals surface area contributed by atoms with Gasteiger partial charge in [0.25, 0.3) is 0 Å². The van der Waals surface area contributed by atoms with E-state index < -0.39 is 15.8 Å². The lowest BCUT2D eigenvalue weighted by Crippen LogP contribution is -2.23. The molecule has 0 saturated carbocycles. The SMILES string of the molecule is CCn1c(=O)oc2cc(S(=O)(=O)NCc3ccccn3)ccc21. The van der Waals surface area contributed by atoms with Crippen LogP contribution in [0.2, 0.25) is 0 Å². The Balaban J connectivity index is 1.91. The molecular weight excluding hydrogens is 318 g/mol. The molecule has 0 spiro atoms. The van der Waals surface area contributed by atoms with E-state index in [-0.39, 0.29) is 17.0 Å². The van der Waals surface area contributed by atoms with Gasteiger partial charge >= 0.3 is 5.76 Å². The van der Waals surface area contributed by atoms with Crippen molar-refractivity contribution in [3.63, 3.8) is 0 Å². The summed E-state index contributed by atoms with van der Waals surface area (Å²) in [6.45, 7) is 2.35. The number of nitrogens with zero attached hydrogens (tertiary/aromatic N) is 2. The van der Waals surface area contributed by atoms with E-state index in [1.54, 1.807) is 30.5 Å². The summed E-state index contributed by atoms with van der Waals surface area (Å²) >= 11 is 0. The minimum absolute atomic E-state index is 0.0398. The van der Waals surface area contributed by atoms with Gasteiger partial charge in [0.1, 0.15) is 0 Å². The highest BCUT2D eigenvalue weighted by molar-refractivity contribution is 7.89. The summed E-state index contributed by atoms with van der Waals surface area (Å²) in [4.78, 5) is 15.8. The molecule has 23 heavy (non-hydrogen) atoms. The Morgan fingerprint density at radius 1 is 1.26 bits per heavy atom. The fourth-order valence-electron chi connectivity index (χ4n) is 2.27. The largest absolute Gasteiger partial charge is 0.419 e. The third-order valence-electron chi connectivity index (χ3n) is 3.44. The number of fused-ring (bicyclic) bond motifs is 1.